The van der Waals surface area contributed by atoms with E-state index in [1.807, 2.05) is 42.1 Å². The number of aromatic nitrogens is 2. The summed E-state index contributed by atoms with van der Waals surface area (Å²) in [6, 6.07) is 8.02. The third-order valence-corrected chi connectivity index (χ3v) is 5.55. The topological polar surface area (TPSA) is 73.2 Å². The van der Waals surface area contributed by atoms with E-state index in [4.69, 9.17) is 4.74 Å². The van der Waals surface area contributed by atoms with Crippen molar-refractivity contribution in [2.24, 2.45) is 5.92 Å². The molecule has 0 bridgehead atoms. The van der Waals surface area contributed by atoms with Crippen LogP contribution in [0.2, 0.25) is 0 Å². The van der Waals surface area contributed by atoms with E-state index in [0.29, 0.717) is 6.54 Å². The number of esters is 1. The summed E-state index contributed by atoms with van der Waals surface area (Å²) in [5.74, 6) is -0.718. The molecule has 6 nitrogen and oxygen atoms in total. The monoisotopic (exact) mass is 353 g/mol. The van der Waals surface area contributed by atoms with Crippen LogP contribution >= 0.6 is 0 Å². The number of hydrogen-bond donors (Lipinski definition) is 1. The van der Waals surface area contributed by atoms with Crippen LogP contribution in [-0.4, -0.2) is 27.3 Å². The molecule has 1 saturated carbocycles. The zero-order valence-electron chi connectivity index (χ0n) is 14.9. The lowest BCUT2D eigenvalue weighted by Crippen LogP contribution is -2.42. The van der Waals surface area contributed by atoms with E-state index >= 15 is 0 Å². The molecule has 26 heavy (non-hydrogen) atoms. The third-order valence-electron chi connectivity index (χ3n) is 5.55. The van der Waals surface area contributed by atoms with Crippen molar-refractivity contribution in [3.63, 3.8) is 0 Å². The Morgan fingerprint density at radius 3 is 2.88 bits per heavy atom. The SMILES string of the molecule is Cc1ccccc1-n1cc(CNC(=O)[C@H]2CC(=O)OC23CCCC3)cn1. The lowest BCUT2D eigenvalue weighted by atomic mass is 9.85. The van der Waals surface area contributed by atoms with Crippen LogP contribution in [0.4, 0.5) is 0 Å². The van der Waals surface area contributed by atoms with Crippen LogP contribution in [0.3, 0.4) is 0 Å². The van der Waals surface area contributed by atoms with Crippen LogP contribution in [0, 0.1) is 12.8 Å². The second-order valence-electron chi connectivity index (χ2n) is 7.30. The van der Waals surface area contributed by atoms with E-state index in [1.54, 1.807) is 6.20 Å². The Balaban J connectivity index is 1.42. The smallest absolute Gasteiger partial charge is 0.307 e. The fraction of sp³-hybridized carbons (Fsp3) is 0.450. The van der Waals surface area contributed by atoms with E-state index < -0.39 is 5.60 Å². The van der Waals surface area contributed by atoms with Gasteiger partial charge >= 0.3 is 5.97 Å². The highest BCUT2D eigenvalue weighted by molar-refractivity contribution is 5.87. The van der Waals surface area contributed by atoms with Crippen LogP contribution in [0.1, 0.15) is 43.2 Å². The average Bonchev–Trinajstić information content (AvgIpc) is 3.34. The molecular weight excluding hydrogens is 330 g/mol. The van der Waals surface area contributed by atoms with Gasteiger partial charge in [0.05, 0.1) is 24.2 Å². The van der Waals surface area contributed by atoms with Gasteiger partial charge in [0.1, 0.15) is 5.60 Å². The fourth-order valence-corrected chi connectivity index (χ4v) is 4.16. The summed E-state index contributed by atoms with van der Waals surface area (Å²) in [4.78, 5) is 24.5. The second-order valence-corrected chi connectivity index (χ2v) is 7.30. The van der Waals surface area contributed by atoms with Crippen LogP contribution < -0.4 is 5.32 Å². The van der Waals surface area contributed by atoms with Crippen LogP contribution in [0.15, 0.2) is 36.7 Å². The van der Waals surface area contributed by atoms with Crippen LogP contribution in [-0.2, 0) is 20.9 Å². The van der Waals surface area contributed by atoms with Crippen LogP contribution in [0.25, 0.3) is 5.69 Å². The fourth-order valence-electron chi connectivity index (χ4n) is 4.16. The Morgan fingerprint density at radius 1 is 1.35 bits per heavy atom. The van der Waals surface area contributed by atoms with Crippen molar-refractivity contribution in [1.82, 2.24) is 15.1 Å². The molecule has 1 aliphatic heterocycles. The predicted molar refractivity (Wildman–Crippen MR) is 95.5 cm³/mol. The van der Waals surface area contributed by atoms with Crippen molar-refractivity contribution in [2.75, 3.05) is 0 Å². The molecule has 1 amide bonds. The first-order valence-corrected chi connectivity index (χ1v) is 9.16. The molecule has 0 unspecified atom stereocenters. The molecule has 4 rings (SSSR count). The van der Waals surface area contributed by atoms with Crippen molar-refractivity contribution < 1.29 is 14.3 Å². The van der Waals surface area contributed by atoms with Gasteiger partial charge in [-0.1, -0.05) is 18.2 Å². The van der Waals surface area contributed by atoms with Crippen molar-refractivity contribution in [1.29, 1.82) is 0 Å². The summed E-state index contributed by atoms with van der Waals surface area (Å²) < 4.78 is 7.37. The molecular formula is C20H23N3O3. The molecule has 1 saturated heterocycles. The molecule has 2 fully saturated rings. The Hall–Kier alpha value is -2.63. The standard InChI is InChI=1S/C20H23N3O3/c1-14-6-2-3-7-17(14)23-13-15(12-22-23)11-21-19(25)16-10-18(24)26-20(16)8-4-5-9-20/h2-3,6-7,12-13,16H,4-5,8-11H2,1H3,(H,21,25)/t16-/m1/s1. The number of carbonyl (C=O) groups is 2. The highest BCUT2D eigenvalue weighted by Gasteiger charge is 2.53. The number of nitrogens with zero attached hydrogens (tertiary/aromatic N) is 2. The Labute approximate surface area is 152 Å². The molecule has 1 atom stereocenters. The quantitative estimate of drug-likeness (QED) is 0.858. The van der Waals surface area contributed by atoms with Crippen molar-refractivity contribution in [3.8, 4) is 5.69 Å². The highest BCUT2D eigenvalue weighted by Crippen LogP contribution is 2.45. The zero-order chi connectivity index (χ0) is 18.1. The second kappa shape index (κ2) is 6.59. The number of aryl methyl sites for hydroxylation is 1. The lowest BCUT2D eigenvalue weighted by Gasteiger charge is -2.27. The lowest BCUT2D eigenvalue weighted by molar-refractivity contribution is -0.149. The van der Waals surface area contributed by atoms with Gasteiger partial charge in [-0.05, 0) is 44.2 Å². The van der Waals surface area contributed by atoms with Gasteiger partial charge in [-0.25, -0.2) is 4.68 Å². The third kappa shape index (κ3) is 3.00. The van der Waals surface area contributed by atoms with E-state index in [0.717, 1.165) is 42.5 Å². The Morgan fingerprint density at radius 2 is 2.12 bits per heavy atom. The molecule has 2 heterocycles. The predicted octanol–water partition coefficient (Wildman–Crippen LogP) is 2.67. The summed E-state index contributed by atoms with van der Waals surface area (Å²) in [7, 11) is 0. The molecule has 1 aliphatic carbocycles. The summed E-state index contributed by atoms with van der Waals surface area (Å²) in [5.41, 5.74) is 2.51. The molecule has 2 aromatic rings. The zero-order valence-corrected chi connectivity index (χ0v) is 14.9. The molecule has 6 heteroatoms. The number of amides is 1. The molecule has 2 aliphatic rings. The summed E-state index contributed by atoms with van der Waals surface area (Å²) >= 11 is 0. The summed E-state index contributed by atoms with van der Waals surface area (Å²) in [5, 5.41) is 7.36. The van der Waals surface area contributed by atoms with Crippen LogP contribution in [0.5, 0.6) is 0 Å². The first-order chi connectivity index (χ1) is 12.6. The summed E-state index contributed by atoms with van der Waals surface area (Å²) in [6.45, 7) is 2.43. The minimum Gasteiger partial charge on any atom is -0.458 e. The highest BCUT2D eigenvalue weighted by atomic mass is 16.6. The molecule has 1 N–H and O–H groups in total. The van der Waals surface area contributed by atoms with Gasteiger partial charge in [0.2, 0.25) is 5.91 Å². The molecule has 1 aromatic heterocycles. The molecule has 0 radical (unpaired) electrons. The Kier molecular flexibility index (Phi) is 4.26. The number of hydrogen-bond acceptors (Lipinski definition) is 4. The molecule has 1 aromatic carbocycles. The maximum atomic E-state index is 12.7. The maximum absolute atomic E-state index is 12.7. The largest absolute Gasteiger partial charge is 0.458 e. The first kappa shape index (κ1) is 16.8. The number of para-hydroxylation sites is 1. The Bertz CT molecular complexity index is 836. The molecule has 136 valence electrons. The minimum absolute atomic E-state index is 0.0959. The molecule has 1 spiro atoms. The van der Waals surface area contributed by atoms with E-state index in [1.165, 1.54) is 0 Å². The summed E-state index contributed by atoms with van der Waals surface area (Å²) in [6.07, 6.45) is 7.48. The van der Waals surface area contributed by atoms with Gasteiger partial charge in [0.25, 0.3) is 0 Å². The number of nitrogens with one attached hydrogen (secondary N) is 1. The van der Waals surface area contributed by atoms with Gasteiger partial charge in [-0.3, -0.25) is 9.59 Å². The van der Waals surface area contributed by atoms with Gasteiger partial charge in [-0.15, -0.1) is 0 Å². The number of rotatable bonds is 4. The van der Waals surface area contributed by atoms with E-state index in [2.05, 4.69) is 10.4 Å². The van der Waals surface area contributed by atoms with Crippen molar-refractivity contribution in [2.45, 2.75) is 51.2 Å². The van der Waals surface area contributed by atoms with Gasteiger partial charge < -0.3 is 10.1 Å². The minimum atomic E-state index is -0.563. The van der Waals surface area contributed by atoms with E-state index in [9.17, 15) is 9.59 Å². The van der Waals surface area contributed by atoms with Crippen molar-refractivity contribution >= 4 is 11.9 Å². The van der Waals surface area contributed by atoms with Gasteiger partial charge in [-0.2, -0.15) is 5.10 Å². The first-order valence-electron chi connectivity index (χ1n) is 9.16. The van der Waals surface area contributed by atoms with Gasteiger partial charge in [0.15, 0.2) is 0 Å². The van der Waals surface area contributed by atoms with Crippen molar-refractivity contribution in [3.05, 3.63) is 47.8 Å². The maximum Gasteiger partial charge on any atom is 0.307 e. The number of ether oxygens (including phenoxy) is 1. The average molecular weight is 353 g/mol. The number of benzene rings is 1. The van der Waals surface area contributed by atoms with Gasteiger partial charge in [0, 0.05) is 18.3 Å². The normalized spacial score (nSPS) is 21.1. The number of carbonyl (C=O) groups excluding carboxylic acids is 2. The van der Waals surface area contributed by atoms with E-state index in [-0.39, 0.29) is 24.2 Å².